The molecule has 0 bridgehead atoms. The number of hydrogen-bond donors (Lipinski definition) is 1. The van der Waals surface area contributed by atoms with Crippen molar-refractivity contribution in [3.63, 3.8) is 0 Å². The van der Waals surface area contributed by atoms with Gasteiger partial charge in [0.1, 0.15) is 18.6 Å². The lowest BCUT2D eigenvalue weighted by molar-refractivity contribution is -0.149. The van der Waals surface area contributed by atoms with Gasteiger partial charge in [0, 0.05) is 36.7 Å². The summed E-state index contributed by atoms with van der Waals surface area (Å²) in [4.78, 5) is 21.7. The monoisotopic (exact) mass is 461 g/mol. The summed E-state index contributed by atoms with van der Waals surface area (Å²) in [6.45, 7) is -0.747. The van der Waals surface area contributed by atoms with Crippen molar-refractivity contribution in [3.05, 3.63) is 71.8 Å². The largest absolute Gasteiger partial charge is 0.416 e. The van der Waals surface area contributed by atoms with Gasteiger partial charge in [0.2, 0.25) is 5.91 Å². The van der Waals surface area contributed by atoms with Crippen LogP contribution in [-0.2, 0) is 24.1 Å². The Hall–Kier alpha value is -3.60. The summed E-state index contributed by atoms with van der Waals surface area (Å²) in [5, 5.41) is 14.6. The van der Waals surface area contributed by atoms with Crippen molar-refractivity contribution in [1.29, 1.82) is 0 Å². The molecule has 1 aromatic carbocycles. The number of aromatic nitrogens is 4. The van der Waals surface area contributed by atoms with Gasteiger partial charge in [-0.25, -0.2) is 14.1 Å². The first-order chi connectivity index (χ1) is 15.6. The number of β-amino-alcohol motifs (C(OH)–C–C–N with tert-alkyl or cyclic N) is 1. The molecule has 7 nitrogen and oxygen atoms in total. The molecule has 3 aromatic rings. The van der Waals surface area contributed by atoms with Gasteiger partial charge in [-0.1, -0.05) is 6.07 Å². The number of carbonyl (C=O) groups excluding carboxylic acids is 1. The number of rotatable bonds is 6. The summed E-state index contributed by atoms with van der Waals surface area (Å²) in [5.74, 6) is -0.399. The predicted molar refractivity (Wildman–Crippen MR) is 110 cm³/mol. The number of amides is 1. The molecule has 3 heterocycles. The molecule has 4 rings (SSSR count). The molecule has 1 aliphatic heterocycles. The Morgan fingerprint density at radius 1 is 1.21 bits per heavy atom. The lowest BCUT2D eigenvalue weighted by Crippen LogP contribution is -2.64. The first-order valence-corrected chi connectivity index (χ1v) is 9.92. The van der Waals surface area contributed by atoms with E-state index in [-0.39, 0.29) is 35.9 Å². The summed E-state index contributed by atoms with van der Waals surface area (Å²) < 4.78 is 53.4. The molecule has 0 aliphatic carbocycles. The van der Waals surface area contributed by atoms with Crippen LogP contribution in [0.25, 0.3) is 17.6 Å². The minimum absolute atomic E-state index is 0.0131. The van der Waals surface area contributed by atoms with Crippen LogP contribution in [0.2, 0.25) is 0 Å². The Kier molecular flexibility index (Phi) is 5.98. The number of aliphatic hydroxyl groups is 1. The van der Waals surface area contributed by atoms with Gasteiger partial charge < -0.3 is 10.0 Å². The fourth-order valence-electron chi connectivity index (χ4n) is 3.60. The van der Waals surface area contributed by atoms with E-state index in [0.29, 0.717) is 6.42 Å². The molecule has 0 unspecified atom stereocenters. The number of carbonyl (C=O) groups is 1. The van der Waals surface area contributed by atoms with Crippen LogP contribution in [0, 0.1) is 0 Å². The second kappa shape index (κ2) is 8.74. The maximum atomic E-state index is 13.1. The lowest BCUT2D eigenvalue weighted by atomic mass is 9.87. The number of likely N-dealkylation sites (tertiary alicyclic amines) is 1. The zero-order valence-electron chi connectivity index (χ0n) is 17.2. The molecule has 1 amide bonds. The van der Waals surface area contributed by atoms with Crippen LogP contribution in [-0.4, -0.2) is 54.4 Å². The highest BCUT2D eigenvalue weighted by atomic mass is 19.4. The van der Waals surface area contributed by atoms with Gasteiger partial charge in [-0.2, -0.15) is 13.2 Å². The van der Waals surface area contributed by atoms with E-state index in [1.165, 1.54) is 34.3 Å². The average Bonchev–Trinajstić information content (AvgIpc) is 3.24. The summed E-state index contributed by atoms with van der Waals surface area (Å²) >= 11 is 0. The fraction of sp³-hybridized carbons (Fsp3) is 0.273. The van der Waals surface area contributed by atoms with Crippen LogP contribution in [0.15, 0.2) is 55.1 Å². The van der Waals surface area contributed by atoms with Crippen LogP contribution in [0.1, 0.15) is 16.7 Å². The van der Waals surface area contributed by atoms with Gasteiger partial charge in [-0.3, -0.25) is 9.78 Å². The maximum absolute atomic E-state index is 13.1. The van der Waals surface area contributed by atoms with E-state index in [2.05, 4.69) is 15.1 Å². The van der Waals surface area contributed by atoms with Gasteiger partial charge in [0.05, 0.1) is 18.7 Å². The van der Waals surface area contributed by atoms with Crippen molar-refractivity contribution in [1.82, 2.24) is 24.6 Å². The zero-order chi connectivity index (χ0) is 23.6. The molecule has 1 fully saturated rings. The highest BCUT2D eigenvalue weighted by Gasteiger charge is 2.43. The highest BCUT2D eigenvalue weighted by molar-refractivity contribution is 5.91. The van der Waals surface area contributed by atoms with E-state index in [4.69, 9.17) is 0 Å². The second-order valence-corrected chi connectivity index (χ2v) is 7.87. The normalized spacial score (nSPS) is 15.6. The van der Waals surface area contributed by atoms with Crippen molar-refractivity contribution in [2.45, 2.75) is 24.9 Å². The minimum Gasteiger partial charge on any atom is -0.386 e. The van der Waals surface area contributed by atoms with E-state index >= 15 is 0 Å². The summed E-state index contributed by atoms with van der Waals surface area (Å²) in [7, 11) is 0. The third kappa shape index (κ3) is 5.25. The molecule has 0 spiro atoms. The predicted octanol–water partition coefficient (Wildman–Crippen LogP) is 3.12. The Morgan fingerprint density at radius 3 is 2.67 bits per heavy atom. The molecule has 11 heteroatoms. The van der Waals surface area contributed by atoms with E-state index in [0.717, 1.165) is 17.7 Å². The highest BCUT2D eigenvalue weighted by Crippen LogP contribution is 2.33. The molecule has 0 atom stereocenters. The number of nitrogens with zero attached hydrogens (tertiary/aromatic N) is 5. The molecular formula is C22H19F4N5O2. The van der Waals surface area contributed by atoms with Crippen molar-refractivity contribution in [2.75, 3.05) is 13.1 Å². The first-order valence-electron chi connectivity index (χ1n) is 9.92. The number of halogens is 4. The lowest BCUT2D eigenvalue weighted by Gasteiger charge is -2.46. The molecule has 2 aromatic heterocycles. The molecule has 172 valence electrons. The third-order valence-electron chi connectivity index (χ3n) is 5.15. The third-order valence-corrected chi connectivity index (χ3v) is 5.15. The molecule has 0 saturated carbocycles. The van der Waals surface area contributed by atoms with Gasteiger partial charge in [0.15, 0.2) is 5.82 Å². The van der Waals surface area contributed by atoms with Crippen LogP contribution in [0.3, 0.4) is 0 Å². The maximum Gasteiger partial charge on any atom is 0.416 e. The van der Waals surface area contributed by atoms with E-state index in [1.54, 1.807) is 18.5 Å². The minimum atomic E-state index is -4.63. The molecule has 1 saturated heterocycles. The van der Waals surface area contributed by atoms with Crippen LogP contribution >= 0.6 is 0 Å². The Morgan fingerprint density at radius 2 is 2.00 bits per heavy atom. The van der Waals surface area contributed by atoms with E-state index < -0.39 is 24.0 Å². The summed E-state index contributed by atoms with van der Waals surface area (Å²) in [6, 6.07) is 6.44. The van der Waals surface area contributed by atoms with Crippen molar-refractivity contribution in [2.24, 2.45) is 0 Å². The summed E-state index contributed by atoms with van der Waals surface area (Å²) in [5.41, 5.74) is -1.28. The molecular weight excluding hydrogens is 442 g/mol. The van der Waals surface area contributed by atoms with Crippen molar-refractivity contribution < 1.29 is 27.5 Å². The Bertz CT molecular complexity index is 1170. The topological polar surface area (TPSA) is 84.1 Å². The van der Waals surface area contributed by atoms with Crippen LogP contribution in [0.5, 0.6) is 0 Å². The number of benzene rings is 1. The average molecular weight is 461 g/mol. The molecule has 1 N–H and O–H groups in total. The smallest absolute Gasteiger partial charge is 0.386 e. The number of alkyl halides is 4. The number of hydrogen-bond acceptors (Lipinski definition) is 5. The van der Waals surface area contributed by atoms with Crippen LogP contribution < -0.4 is 0 Å². The Balaban J connectivity index is 1.40. The second-order valence-electron chi connectivity index (χ2n) is 7.87. The van der Waals surface area contributed by atoms with Gasteiger partial charge >= 0.3 is 6.18 Å². The molecule has 0 radical (unpaired) electrons. The quantitative estimate of drug-likeness (QED) is 0.451. The van der Waals surface area contributed by atoms with E-state index in [9.17, 15) is 27.5 Å². The SMILES string of the molecule is O=C(/C=C\n1cnc(-c2cc(CF)cc(C(F)(F)F)c2)n1)N1CC(O)(Cc2cccnc2)C1. The Labute approximate surface area is 186 Å². The van der Waals surface area contributed by atoms with Gasteiger partial charge in [0.25, 0.3) is 0 Å². The fourth-order valence-corrected chi connectivity index (χ4v) is 3.60. The standard InChI is InChI=1S/C22H19F4N5O2/c23-10-16-6-17(8-18(7-16)22(24,25)26)20-28-14-31(29-20)5-3-19(32)30-12-21(33,13-30)9-15-2-1-4-27-11-15/h1-8,11,14,33H,9-10,12-13H2/b5-3-. The summed E-state index contributed by atoms with van der Waals surface area (Å²) in [6.07, 6.45) is 2.79. The van der Waals surface area contributed by atoms with Crippen LogP contribution in [0.4, 0.5) is 17.6 Å². The molecule has 33 heavy (non-hydrogen) atoms. The number of pyridine rings is 1. The van der Waals surface area contributed by atoms with Crippen molar-refractivity contribution >= 4 is 12.1 Å². The first kappa shape index (κ1) is 22.6. The molecule has 1 aliphatic rings. The van der Waals surface area contributed by atoms with E-state index in [1.807, 2.05) is 6.07 Å². The van der Waals surface area contributed by atoms with Gasteiger partial charge in [-0.15, -0.1) is 5.10 Å². The van der Waals surface area contributed by atoms with Crippen molar-refractivity contribution in [3.8, 4) is 11.4 Å². The van der Waals surface area contributed by atoms with Gasteiger partial charge in [-0.05, 0) is 35.4 Å². The zero-order valence-corrected chi connectivity index (χ0v) is 17.2.